The van der Waals surface area contributed by atoms with E-state index in [0.29, 0.717) is 0 Å². The highest BCUT2D eigenvalue weighted by Crippen LogP contribution is 2.30. The van der Waals surface area contributed by atoms with Crippen molar-refractivity contribution < 1.29 is 0 Å². The molecule has 5 heteroatoms. The van der Waals surface area contributed by atoms with Crippen LogP contribution in [0.4, 0.5) is 5.69 Å². The number of fused-ring (bicyclic) bond motifs is 1. The number of allylic oxidation sites excluding steroid dienone is 4. The topological polar surface area (TPSA) is 67.1 Å². The van der Waals surface area contributed by atoms with Crippen molar-refractivity contribution in [1.29, 1.82) is 0 Å². The van der Waals surface area contributed by atoms with Gasteiger partial charge in [0.1, 0.15) is 0 Å². The standard InChI is InChI=1S/C25H25N5/c1-17-5-4-7-24(29-17)25-22(6-2-3-11-27-25)18-8-9-23-19(13-18)14-21(15-28-23)30-12-10-20(26)16-30/h2-9,11,13-15,20,27H,10,12,16,26H2,1H3/t20-/m0/s1. The quantitative estimate of drug-likeness (QED) is 0.701. The van der Waals surface area contributed by atoms with E-state index in [2.05, 4.69) is 51.6 Å². The van der Waals surface area contributed by atoms with Crippen molar-refractivity contribution in [2.45, 2.75) is 19.4 Å². The maximum Gasteiger partial charge on any atom is 0.0873 e. The first-order valence-corrected chi connectivity index (χ1v) is 10.4. The first-order valence-electron chi connectivity index (χ1n) is 10.4. The Morgan fingerprint density at radius 3 is 2.90 bits per heavy atom. The summed E-state index contributed by atoms with van der Waals surface area (Å²) in [7, 11) is 0. The van der Waals surface area contributed by atoms with Gasteiger partial charge in [-0.05, 0) is 55.3 Å². The summed E-state index contributed by atoms with van der Waals surface area (Å²) < 4.78 is 0. The van der Waals surface area contributed by atoms with Gasteiger partial charge in [0.05, 0.1) is 28.8 Å². The summed E-state index contributed by atoms with van der Waals surface area (Å²) in [4.78, 5) is 11.7. The molecule has 3 N–H and O–H groups in total. The van der Waals surface area contributed by atoms with Crippen LogP contribution in [-0.2, 0) is 0 Å². The minimum atomic E-state index is 0.247. The van der Waals surface area contributed by atoms with E-state index in [1.807, 2.05) is 43.6 Å². The summed E-state index contributed by atoms with van der Waals surface area (Å²) in [6.45, 7) is 3.89. The lowest BCUT2D eigenvalue weighted by molar-refractivity contribution is 0.752. The van der Waals surface area contributed by atoms with Gasteiger partial charge in [0.15, 0.2) is 0 Å². The van der Waals surface area contributed by atoms with Crippen molar-refractivity contribution in [2.24, 2.45) is 5.73 Å². The Balaban J connectivity index is 1.61. The van der Waals surface area contributed by atoms with E-state index in [1.165, 1.54) is 0 Å². The zero-order valence-electron chi connectivity index (χ0n) is 17.0. The molecule has 5 nitrogen and oxygen atoms in total. The molecular weight excluding hydrogens is 370 g/mol. The van der Waals surface area contributed by atoms with Crippen LogP contribution in [0.5, 0.6) is 0 Å². The average molecular weight is 396 g/mol. The minimum Gasteiger partial charge on any atom is -0.369 e. The van der Waals surface area contributed by atoms with Gasteiger partial charge in [-0.25, -0.2) is 0 Å². The van der Waals surface area contributed by atoms with E-state index in [1.54, 1.807) is 0 Å². The Hall–Kier alpha value is -3.44. The number of pyridine rings is 2. The van der Waals surface area contributed by atoms with E-state index in [-0.39, 0.29) is 6.04 Å². The fourth-order valence-electron chi connectivity index (χ4n) is 4.12. The largest absolute Gasteiger partial charge is 0.369 e. The predicted molar refractivity (Wildman–Crippen MR) is 124 cm³/mol. The Kier molecular flexibility index (Phi) is 4.81. The predicted octanol–water partition coefficient (Wildman–Crippen LogP) is 4.02. The van der Waals surface area contributed by atoms with Gasteiger partial charge in [-0.3, -0.25) is 9.97 Å². The Morgan fingerprint density at radius 2 is 2.07 bits per heavy atom. The number of benzene rings is 1. The van der Waals surface area contributed by atoms with Gasteiger partial charge in [-0.15, -0.1) is 0 Å². The second-order valence-corrected chi connectivity index (χ2v) is 7.91. The van der Waals surface area contributed by atoms with Gasteiger partial charge >= 0.3 is 0 Å². The molecule has 0 bridgehead atoms. The Bertz CT molecular complexity index is 1190. The maximum atomic E-state index is 6.10. The van der Waals surface area contributed by atoms with Crippen LogP contribution in [0.15, 0.2) is 73.1 Å². The zero-order valence-corrected chi connectivity index (χ0v) is 17.0. The molecule has 5 rings (SSSR count). The van der Waals surface area contributed by atoms with E-state index in [9.17, 15) is 0 Å². The third-order valence-electron chi connectivity index (χ3n) is 5.68. The van der Waals surface area contributed by atoms with Gasteiger partial charge in [-0.1, -0.05) is 24.3 Å². The van der Waals surface area contributed by atoms with Crippen LogP contribution < -0.4 is 16.0 Å². The second-order valence-electron chi connectivity index (χ2n) is 7.91. The lowest BCUT2D eigenvalue weighted by Gasteiger charge is -2.18. The summed E-state index contributed by atoms with van der Waals surface area (Å²) in [6.07, 6.45) is 11.1. The molecule has 1 atom stereocenters. The highest BCUT2D eigenvalue weighted by Gasteiger charge is 2.20. The molecule has 1 fully saturated rings. The Labute approximate surface area is 176 Å². The summed E-state index contributed by atoms with van der Waals surface area (Å²) in [5.41, 5.74) is 13.4. The van der Waals surface area contributed by atoms with Crippen molar-refractivity contribution in [2.75, 3.05) is 18.0 Å². The monoisotopic (exact) mass is 395 g/mol. The van der Waals surface area contributed by atoms with Crippen LogP contribution >= 0.6 is 0 Å². The number of nitrogens with one attached hydrogen (secondary N) is 1. The van der Waals surface area contributed by atoms with Gasteiger partial charge in [-0.2, -0.15) is 0 Å². The number of hydrogen-bond acceptors (Lipinski definition) is 5. The molecule has 1 saturated heterocycles. The number of aryl methyl sites for hydroxylation is 1. The van der Waals surface area contributed by atoms with E-state index < -0.39 is 0 Å². The van der Waals surface area contributed by atoms with Crippen molar-refractivity contribution >= 4 is 27.9 Å². The van der Waals surface area contributed by atoms with Gasteiger partial charge in [0.2, 0.25) is 0 Å². The third-order valence-corrected chi connectivity index (χ3v) is 5.68. The molecule has 0 aliphatic carbocycles. The van der Waals surface area contributed by atoms with Crippen LogP contribution in [-0.4, -0.2) is 29.1 Å². The van der Waals surface area contributed by atoms with Crippen LogP contribution in [0, 0.1) is 6.92 Å². The van der Waals surface area contributed by atoms with Gasteiger partial charge in [0.25, 0.3) is 0 Å². The highest BCUT2D eigenvalue weighted by molar-refractivity contribution is 5.97. The molecule has 2 aliphatic heterocycles. The average Bonchev–Trinajstić information content (AvgIpc) is 3.05. The number of anilines is 1. The molecule has 2 aliphatic rings. The van der Waals surface area contributed by atoms with E-state index >= 15 is 0 Å². The molecule has 0 saturated carbocycles. The molecule has 2 aromatic heterocycles. The second kappa shape index (κ2) is 7.76. The lowest BCUT2D eigenvalue weighted by Crippen LogP contribution is -2.26. The molecule has 4 heterocycles. The van der Waals surface area contributed by atoms with E-state index in [0.717, 1.165) is 64.3 Å². The number of rotatable bonds is 3. The number of aromatic nitrogens is 2. The summed E-state index contributed by atoms with van der Waals surface area (Å²) in [5.74, 6) is 0. The van der Waals surface area contributed by atoms with Gasteiger partial charge < -0.3 is 16.0 Å². The SMILES string of the molecule is Cc1cccc(C2=C(c3ccc4ncc(N5CC[C@H](N)C5)cc4c3)C=CC=CN2)n1. The van der Waals surface area contributed by atoms with Gasteiger partial charge in [0, 0.05) is 42.0 Å². The molecule has 150 valence electrons. The Morgan fingerprint density at radius 1 is 1.13 bits per heavy atom. The van der Waals surface area contributed by atoms with E-state index in [4.69, 9.17) is 10.7 Å². The lowest BCUT2D eigenvalue weighted by atomic mass is 9.99. The number of hydrogen-bond donors (Lipinski definition) is 2. The molecule has 30 heavy (non-hydrogen) atoms. The van der Waals surface area contributed by atoms with Crippen LogP contribution in [0.25, 0.3) is 22.2 Å². The van der Waals surface area contributed by atoms with Crippen molar-refractivity contribution in [3.05, 3.63) is 90.0 Å². The molecule has 1 aromatic carbocycles. The maximum absolute atomic E-state index is 6.10. The normalized spacial score (nSPS) is 18.7. The first-order chi connectivity index (χ1) is 14.7. The molecular formula is C25H25N5. The van der Waals surface area contributed by atoms with Crippen LogP contribution in [0.1, 0.15) is 23.4 Å². The third kappa shape index (κ3) is 3.60. The van der Waals surface area contributed by atoms with Crippen LogP contribution in [0.3, 0.4) is 0 Å². The fourth-order valence-corrected chi connectivity index (χ4v) is 4.12. The van der Waals surface area contributed by atoms with Crippen molar-refractivity contribution in [3.8, 4) is 0 Å². The van der Waals surface area contributed by atoms with Crippen molar-refractivity contribution in [1.82, 2.24) is 15.3 Å². The smallest absolute Gasteiger partial charge is 0.0873 e. The summed E-state index contributed by atoms with van der Waals surface area (Å²) in [5, 5.41) is 4.54. The zero-order chi connectivity index (χ0) is 20.5. The number of nitrogens with zero attached hydrogens (tertiary/aromatic N) is 3. The molecule has 3 aromatic rings. The first kappa shape index (κ1) is 18.6. The highest BCUT2D eigenvalue weighted by atomic mass is 15.2. The summed E-state index contributed by atoms with van der Waals surface area (Å²) >= 11 is 0. The van der Waals surface area contributed by atoms with Crippen LogP contribution in [0.2, 0.25) is 0 Å². The molecule has 0 unspecified atom stereocenters. The fraction of sp³-hybridized carbons (Fsp3) is 0.200. The van der Waals surface area contributed by atoms with Crippen molar-refractivity contribution in [3.63, 3.8) is 0 Å². The minimum absolute atomic E-state index is 0.247. The molecule has 0 spiro atoms. The molecule has 0 radical (unpaired) electrons. The number of nitrogens with two attached hydrogens (primary N) is 1. The summed E-state index contributed by atoms with van der Waals surface area (Å²) in [6, 6.07) is 15.0. The molecule has 0 amide bonds.